The maximum Gasteiger partial charge on any atom is 0.329 e. The predicted octanol–water partition coefficient (Wildman–Crippen LogP) is 1.20. The Labute approximate surface area is 155 Å². The number of benzene rings is 1. The fraction of sp³-hybridized carbons (Fsp3) is 0.471. The van der Waals surface area contributed by atoms with Crippen LogP contribution in [0.2, 0.25) is 0 Å². The second-order valence-corrected chi connectivity index (χ2v) is 6.69. The predicted molar refractivity (Wildman–Crippen MR) is 97.6 cm³/mol. The van der Waals surface area contributed by atoms with Crippen LogP contribution in [0.1, 0.15) is 13.3 Å². The van der Waals surface area contributed by atoms with Gasteiger partial charge in [0.25, 0.3) is 0 Å². The van der Waals surface area contributed by atoms with Crippen LogP contribution in [-0.2, 0) is 19.1 Å². The van der Waals surface area contributed by atoms with Gasteiger partial charge in [-0.1, -0.05) is 0 Å². The summed E-state index contributed by atoms with van der Waals surface area (Å²) < 4.78 is 15.2. The van der Waals surface area contributed by atoms with Crippen molar-refractivity contribution < 1.29 is 28.6 Å². The lowest BCUT2D eigenvalue weighted by molar-refractivity contribution is -0.146. The van der Waals surface area contributed by atoms with Crippen LogP contribution in [0.25, 0.3) is 0 Å². The molecule has 1 aliphatic rings. The van der Waals surface area contributed by atoms with E-state index in [1.54, 1.807) is 25.1 Å². The lowest BCUT2D eigenvalue weighted by Crippen LogP contribution is -2.51. The zero-order valence-corrected chi connectivity index (χ0v) is 15.7. The third-order valence-corrected chi connectivity index (χ3v) is 5.01. The molecular weight excluding hydrogens is 360 g/mol. The molecule has 8 nitrogen and oxygen atoms in total. The maximum absolute atomic E-state index is 12.3. The van der Waals surface area contributed by atoms with E-state index in [-0.39, 0.29) is 24.8 Å². The van der Waals surface area contributed by atoms with Gasteiger partial charge in [0.1, 0.15) is 17.5 Å². The second kappa shape index (κ2) is 9.33. The summed E-state index contributed by atoms with van der Waals surface area (Å²) in [7, 11) is 3.03. The van der Waals surface area contributed by atoms with Crippen LogP contribution in [-0.4, -0.2) is 55.7 Å². The molecule has 142 valence electrons. The van der Waals surface area contributed by atoms with E-state index in [0.717, 1.165) is 0 Å². The number of rotatable bonds is 7. The smallest absolute Gasteiger partial charge is 0.329 e. The number of carbonyl (C=O) groups is 3. The number of anilines is 1. The second-order valence-electron chi connectivity index (χ2n) is 5.45. The first kappa shape index (κ1) is 19.9. The SMILES string of the molecule is CCOC(=O)[C@@H]1CS[C@@H](CC(=O)Nc2ccc(OC)cc2OC)C(=O)N1. The van der Waals surface area contributed by atoms with Gasteiger partial charge in [-0.25, -0.2) is 4.79 Å². The first-order valence-electron chi connectivity index (χ1n) is 8.09. The molecule has 0 unspecified atom stereocenters. The first-order valence-corrected chi connectivity index (χ1v) is 9.13. The number of methoxy groups -OCH3 is 2. The molecular formula is C17H22N2O6S. The van der Waals surface area contributed by atoms with Crippen molar-refractivity contribution in [2.75, 3.05) is 31.9 Å². The minimum absolute atomic E-state index is 0.0127. The van der Waals surface area contributed by atoms with Gasteiger partial charge in [-0.15, -0.1) is 11.8 Å². The van der Waals surface area contributed by atoms with Gasteiger partial charge in [0.05, 0.1) is 31.8 Å². The fourth-order valence-electron chi connectivity index (χ4n) is 2.39. The number of nitrogens with one attached hydrogen (secondary N) is 2. The third-order valence-electron chi connectivity index (χ3n) is 3.70. The van der Waals surface area contributed by atoms with E-state index in [4.69, 9.17) is 14.2 Å². The highest BCUT2D eigenvalue weighted by Crippen LogP contribution is 2.30. The van der Waals surface area contributed by atoms with E-state index in [2.05, 4.69) is 10.6 Å². The average Bonchev–Trinajstić information content (AvgIpc) is 2.63. The van der Waals surface area contributed by atoms with Crippen molar-refractivity contribution in [3.8, 4) is 11.5 Å². The Balaban J connectivity index is 1.92. The van der Waals surface area contributed by atoms with Crippen LogP contribution in [0.4, 0.5) is 5.69 Å². The topological polar surface area (TPSA) is 103 Å². The molecule has 0 saturated carbocycles. The van der Waals surface area contributed by atoms with Crippen LogP contribution < -0.4 is 20.1 Å². The Morgan fingerprint density at radius 2 is 2.08 bits per heavy atom. The van der Waals surface area contributed by atoms with E-state index >= 15 is 0 Å². The fourth-order valence-corrected chi connectivity index (χ4v) is 3.52. The summed E-state index contributed by atoms with van der Waals surface area (Å²) >= 11 is 1.26. The third kappa shape index (κ3) is 5.04. The minimum Gasteiger partial charge on any atom is -0.497 e. The number of esters is 1. The standard InChI is InChI=1S/C17H22N2O6S/c1-4-25-17(22)12-9-26-14(16(21)19-12)8-15(20)18-11-6-5-10(23-2)7-13(11)24-3/h5-7,12,14H,4,8-9H2,1-3H3,(H,18,20)(H,19,21)/t12-,14-/m0/s1. The maximum atomic E-state index is 12.3. The van der Waals surface area contributed by atoms with Gasteiger partial charge in [0.15, 0.2) is 0 Å². The number of amides is 2. The van der Waals surface area contributed by atoms with Crippen LogP contribution in [0.15, 0.2) is 18.2 Å². The van der Waals surface area contributed by atoms with E-state index in [1.807, 2.05) is 0 Å². The average molecular weight is 382 g/mol. The van der Waals surface area contributed by atoms with E-state index in [9.17, 15) is 14.4 Å². The Morgan fingerprint density at radius 3 is 2.69 bits per heavy atom. The molecule has 2 atom stereocenters. The highest BCUT2D eigenvalue weighted by Gasteiger charge is 2.34. The lowest BCUT2D eigenvalue weighted by Gasteiger charge is -2.27. The molecule has 0 aliphatic carbocycles. The van der Waals surface area contributed by atoms with Gasteiger partial charge in [-0.05, 0) is 19.1 Å². The first-order chi connectivity index (χ1) is 12.5. The molecule has 1 saturated heterocycles. The summed E-state index contributed by atoms with van der Waals surface area (Å²) in [6.45, 7) is 1.96. The molecule has 0 spiro atoms. The monoisotopic (exact) mass is 382 g/mol. The Morgan fingerprint density at radius 1 is 1.31 bits per heavy atom. The molecule has 2 N–H and O–H groups in total. The van der Waals surface area contributed by atoms with Gasteiger partial charge in [-0.3, -0.25) is 9.59 Å². The molecule has 1 fully saturated rings. The summed E-state index contributed by atoms with van der Waals surface area (Å²) in [5, 5.41) is 4.77. The Kier molecular flexibility index (Phi) is 7.14. The molecule has 1 heterocycles. The number of ether oxygens (including phenoxy) is 3. The van der Waals surface area contributed by atoms with Crippen molar-refractivity contribution in [3.63, 3.8) is 0 Å². The van der Waals surface area contributed by atoms with Gasteiger partial charge in [0.2, 0.25) is 11.8 Å². The molecule has 0 radical (unpaired) electrons. The molecule has 0 bridgehead atoms. The van der Waals surface area contributed by atoms with E-state index in [0.29, 0.717) is 22.9 Å². The zero-order chi connectivity index (χ0) is 19.1. The van der Waals surface area contributed by atoms with Gasteiger partial charge < -0.3 is 24.8 Å². The minimum atomic E-state index is -0.673. The molecule has 0 aromatic heterocycles. The van der Waals surface area contributed by atoms with Gasteiger partial charge in [-0.2, -0.15) is 0 Å². The Bertz CT molecular complexity index is 681. The number of hydrogen-bond acceptors (Lipinski definition) is 7. The largest absolute Gasteiger partial charge is 0.497 e. The molecule has 9 heteroatoms. The van der Waals surface area contributed by atoms with Crippen molar-refractivity contribution in [1.82, 2.24) is 5.32 Å². The summed E-state index contributed by atoms with van der Waals surface area (Å²) in [5.41, 5.74) is 0.490. The number of thioether (sulfide) groups is 1. The van der Waals surface area contributed by atoms with Crippen molar-refractivity contribution >= 4 is 35.2 Å². The number of carbonyl (C=O) groups excluding carboxylic acids is 3. The summed E-state index contributed by atoms with van der Waals surface area (Å²) in [4.78, 5) is 36.1. The molecule has 1 aliphatic heterocycles. The van der Waals surface area contributed by atoms with E-state index in [1.165, 1.54) is 26.0 Å². The quantitative estimate of drug-likeness (QED) is 0.683. The number of hydrogen-bond donors (Lipinski definition) is 2. The van der Waals surface area contributed by atoms with Crippen molar-refractivity contribution in [1.29, 1.82) is 0 Å². The molecule has 2 rings (SSSR count). The van der Waals surface area contributed by atoms with E-state index < -0.39 is 17.3 Å². The Hall–Kier alpha value is -2.42. The van der Waals surface area contributed by atoms with Crippen LogP contribution in [0.3, 0.4) is 0 Å². The van der Waals surface area contributed by atoms with Crippen LogP contribution in [0.5, 0.6) is 11.5 Å². The summed E-state index contributed by atoms with van der Waals surface area (Å²) in [5.74, 6) is 0.299. The molecule has 26 heavy (non-hydrogen) atoms. The van der Waals surface area contributed by atoms with Crippen LogP contribution >= 0.6 is 11.8 Å². The summed E-state index contributed by atoms with van der Waals surface area (Å²) in [6, 6.07) is 4.35. The van der Waals surface area contributed by atoms with Gasteiger partial charge in [0, 0.05) is 18.2 Å². The van der Waals surface area contributed by atoms with Gasteiger partial charge >= 0.3 is 5.97 Å². The van der Waals surface area contributed by atoms with Crippen molar-refractivity contribution in [2.45, 2.75) is 24.6 Å². The molecule has 1 aromatic rings. The normalized spacial score (nSPS) is 19.3. The van der Waals surface area contributed by atoms with Crippen LogP contribution in [0, 0.1) is 0 Å². The van der Waals surface area contributed by atoms with Crippen molar-refractivity contribution in [2.24, 2.45) is 0 Å². The van der Waals surface area contributed by atoms with Crippen molar-refractivity contribution in [3.05, 3.63) is 18.2 Å². The zero-order valence-electron chi connectivity index (χ0n) is 14.9. The summed E-state index contributed by atoms with van der Waals surface area (Å²) in [6.07, 6.45) is -0.0127. The molecule has 1 aromatic carbocycles. The molecule has 2 amide bonds. The highest BCUT2D eigenvalue weighted by molar-refractivity contribution is 8.00. The highest BCUT2D eigenvalue weighted by atomic mass is 32.2. The lowest BCUT2D eigenvalue weighted by atomic mass is 10.2.